The van der Waals surface area contributed by atoms with Crippen LogP contribution in [0.4, 0.5) is 4.39 Å². The lowest BCUT2D eigenvalue weighted by Gasteiger charge is -2.14. The van der Waals surface area contributed by atoms with Gasteiger partial charge in [-0.15, -0.1) is 0 Å². The van der Waals surface area contributed by atoms with Crippen molar-refractivity contribution in [2.75, 3.05) is 0 Å². The molecule has 0 amide bonds. The summed E-state index contributed by atoms with van der Waals surface area (Å²) in [7, 11) is 0. The van der Waals surface area contributed by atoms with Gasteiger partial charge in [0.2, 0.25) is 12.0 Å². The van der Waals surface area contributed by atoms with Gasteiger partial charge in [-0.25, -0.2) is 14.4 Å². The maximum Gasteiger partial charge on any atom is 0.265 e. The number of aryl methyl sites for hydroxylation is 1. The van der Waals surface area contributed by atoms with Crippen molar-refractivity contribution >= 4 is 27.7 Å². The van der Waals surface area contributed by atoms with Crippen molar-refractivity contribution in [2.24, 2.45) is 5.16 Å². The van der Waals surface area contributed by atoms with E-state index in [1.54, 1.807) is 22.8 Å². The molecule has 37 heavy (non-hydrogen) atoms. The Balaban J connectivity index is 1.34. The van der Waals surface area contributed by atoms with Crippen molar-refractivity contribution in [3.63, 3.8) is 0 Å². The number of rotatable bonds is 7. The van der Waals surface area contributed by atoms with E-state index >= 15 is 0 Å². The van der Waals surface area contributed by atoms with Gasteiger partial charge in [-0.3, -0.25) is 9.36 Å². The van der Waals surface area contributed by atoms with Crippen LogP contribution in [0.15, 0.2) is 81.1 Å². The SMILES string of the molecule is CCCCCc1nc2cc(C3=NO[C@H](c4nc5ccccc5o4)C3)ccc2c(=O)n1-c1ccc(F)cc1. The number of fused-ring (bicyclic) bond motifs is 2. The molecule has 7 nitrogen and oxygen atoms in total. The van der Waals surface area contributed by atoms with E-state index in [1.807, 2.05) is 36.4 Å². The number of para-hydroxylation sites is 2. The van der Waals surface area contributed by atoms with Crippen LogP contribution >= 0.6 is 0 Å². The molecule has 0 N–H and O–H groups in total. The first-order valence-electron chi connectivity index (χ1n) is 12.5. The molecule has 0 bridgehead atoms. The second-order valence-electron chi connectivity index (χ2n) is 9.19. The smallest absolute Gasteiger partial charge is 0.265 e. The van der Waals surface area contributed by atoms with Gasteiger partial charge >= 0.3 is 0 Å². The highest BCUT2D eigenvalue weighted by Gasteiger charge is 2.29. The molecule has 0 radical (unpaired) electrons. The van der Waals surface area contributed by atoms with Crippen molar-refractivity contribution in [1.82, 2.24) is 14.5 Å². The molecule has 3 aromatic carbocycles. The third-order valence-electron chi connectivity index (χ3n) is 6.62. The summed E-state index contributed by atoms with van der Waals surface area (Å²) in [6.45, 7) is 2.13. The van der Waals surface area contributed by atoms with Crippen LogP contribution in [0, 0.1) is 5.82 Å². The topological polar surface area (TPSA) is 82.5 Å². The molecule has 5 aromatic rings. The first-order valence-corrected chi connectivity index (χ1v) is 12.5. The van der Waals surface area contributed by atoms with Gasteiger partial charge in [-0.2, -0.15) is 0 Å². The molecule has 1 aliphatic rings. The van der Waals surface area contributed by atoms with Gasteiger partial charge in [0.25, 0.3) is 5.56 Å². The molecule has 8 heteroatoms. The van der Waals surface area contributed by atoms with Crippen molar-refractivity contribution in [2.45, 2.75) is 45.1 Å². The summed E-state index contributed by atoms with van der Waals surface area (Å²) >= 11 is 0. The highest BCUT2D eigenvalue weighted by molar-refractivity contribution is 6.03. The molecule has 0 aliphatic carbocycles. The molecule has 2 aromatic heterocycles. The molecule has 0 saturated heterocycles. The normalized spacial score (nSPS) is 15.3. The average molecular weight is 497 g/mol. The van der Waals surface area contributed by atoms with E-state index in [1.165, 1.54) is 12.1 Å². The van der Waals surface area contributed by atoms with Crippen LogP contribution < -0.4 is 5.56 Å². The fourth-order valence-corrected chi connectivity index (χ4v) is 4.68. The zero-order valence-corrected chi connectivity index (χ0v) is 20.4. The number of oxazole rings is 1. The first-order chi connectivity index (χ1) is 18.1. The lowest BCUT2D eigenvalue weighted by molar-refractivity contribution is 0.0661. The van der Waals surface area contributed by atoms with Gasteiger partial charge in [-0.05, 0) is 55.0 Å². The third kappa shape index (κ3) is 4.39. The van der Waals surface area contributed by atoms with Crippen LogP contribution in [0.1, 0.15) is 56.0 Å². The molecule has 6 rings (SSSR count). The van der Waals surface area contributed by atoms with Gasteiger partial charge < -0.3 is 9.25 Å². The van der Waals surface area contributed by atoms with E-state index in [-0.39, 0.29) is 11.4 Å². The minimum absolute atomic E-state index is 0.177. The van der Waals surface area contributed by atoms with Gasteiger partial charge in [-0.1, -0.05) is 43.1 Å². The Morgan fingerprint density at radius 2 is 1.84 bits per heavy atom. The third-order valence-corrected chi connectivity index (χ3v) is 6.62. The standard InChI is InChI=1S/C29H25FN4O3/c1-2-3-4-9-27-31-24-16-18(10-15-21(24)29(35)34(27)20-13-11-19(30)12-14-20)23-17-26(37-33-23)28-32-22-7-5-6-8-25(22)36-28/h5-8,10-16,26H,2-4,9,17H2,1H3/t26-/m0/s1. The highest BCUT2D eigenvalue weighted by Crippen LogP contribution is 2.31. The zero-order chi connectivity index (χ0) is 25.4. The van der Waals surface area contributed by atoms with E-state index in [4.69, 9.17) is 14.2 Å². The van der Waals surface area contributed by atoms with E-state index in [2.05, 4.69) is 17.1 Å². The zero-order valence-electron chi connectivity index (χ0n) is 20.4. The average Bonchev–Trinajstić information content (AvgIpc) is 3.57. The number of benzene rings is 3. The molecule has 0 saturated carbocycles. The van der Waals surface area contributed by atoms with Crippen molar-refractivity contribution in [3.05, 3.63) is 100 Å². The fraction of sp³-hybridized carbons (Fsp3) is 0.241. The number of hydrogen-bond donors (Lipinski definition) is 0. The summed E-state index contributed by atoms with van der Waals surface area (Å²) in [5.41, 5.74) is 4.08. The molecule has 0 unspecified atom stereocenters. The van der Waals surface area contributed by atoms with Crippen LogP contribution in [0.3, 0.4) is 0 Å². The first kappa shape index (κ1) is 23.1. The lowest BCUT2D eigenvalue weighted by Crippen LogP contribution is -2.24. The molecule has 1 aliphatic heterocycles. The Hall–Kier alpha value is -4.33. The fourth-order valence-electron chi connectivity index (χ4n) is 4.68. The summed E-state index contributed by atoms with van der Waals surface area (Å²) in [5.74, 6) is 0.793. The predicted octanol–water partition coefficient (Wildman–Crippen LogP) is 6.26. The molecular formula is C29H25FN4O3. The Morgan fingerprint density at radius 3 is 2.65 bits per heavy atom. The Labute approximate surface area is 212 Å². The van der Waals surface area contributed by atoms with Crippen LogP contribution in [-0.4, -0.2) is 20.2 Å². The number of halogens is 1. The molecule has 3 heterocycles. The van der Waals surface area contributed by atoms with Crippen LogP contribution in [0.5, 0.6) is 0 Å². The second-order valence-corrected chi connectivity index (χ2v) is 9.19. The van der Waals surface area contributed by atoms with Crippen molar-refractivity contribution in [1.29, 1.82) is 0 Å². The summed E-state index contributed by atoms with van der Waals surface area (Å²) < 4.78 is 21.0. The van der Waals surface area contributed by atoms with Crippen molar-refractivity contribution < 1.29 is 13.6 Å². The van der Waals surface area contributed by atoms with Gasteiger partial charge in [0.1, 0.15) is 17.2 Å². The maximum absolute atomic E-state index is 13.6. The number of oxime groups is 1. The Morgan fingerprint density at radius 1 is 1.00 bits per heavy atom. The van der Waals surface area contributed by atoms with E-state index in [0.29, 0.717) is 46.7 Å². The number of aromatic nitrogens is 3. The second kappa shape index (κ2) is 9.61. The van der Waals surface area contributed by atoms with Crippen LogP contribution in [-0.2, 0) is 11.3 Å². The minimum atomic E-state index is -0.415. The molecule has 0 spiro atoms. The van der Waals surface area contributed by atoms with Gasteiger partial charge in [0.05, 0.1) is 22.3 Å². The van der Waals surface area contributed by atoms with Crippen molar-refractivity contribution in [3.8, 4) is 5.69 Å². The van der Waals surface area contributed by atoms with E-state index in [0.717, 1.165) is 36.1 Å². The largest absolute Gasteiger partial charge is 0.437 e. The Kier molecular flexibility index (Phi) is 6.00. The Bertz CT molecular complexity index is 1650. The van der Waals surface area contributed by atoms with E-state index < -0.39 is 6.10 Å². The molecule has 1 atom stereocenters. The summed E-state index contributed by atoms with van der Waals surface area (Å²) in [6.07, 6.45) is 3.71. The molecule has 186 valence electrons. The quantitative estimate of drug-likeness (QED) is 0.248. The monoisotopic (exact) mass is 496 g/mol. The van der Waals surface area contributed by atoms with Crippen LogP contribution in [0.25, 0.3) is 27.7 Å². The number of nitrogens with zero attached hydrogens (tertiary/aromatic N) is 4. The summed E-state index contributed by atoms with van der Waals surface area (Å²) in [5, 5.41) is 4.78. The van der Waals surface area contributed by atoms with Gasteiger partial charge in [0, 0.05) is 18.4 Å². The van der Waals surface area contributed by atoms with Crippen LogP contribution in [0.2, 0.25) is 0 Å². The summed E-state index contributed by atoms with van der Waals surface area (Å²) in [4.78, 5) is 28.7. The van der Waals surface area contributed by atoms with E-state index in [9.17, 15) is 9.18 Å². The maximum atomic E-state index is 13.6. The minimum Gasteiger partial charge on any atom is -0.437 e. The summed E-state index contributed by atoms with van der Waals surface area (Å²) in [6, 6.07) is 19.0. The number of unbranched alkanes of at least 4 members (excludes halogenated alkanes) is 2. The predicted molar refractivity (Wildman–Crippen MR) is 140 cm³/mol. The molecular weight excluding hydrogens is 471 g/mol. The van der Waals surface area contributed by atoms with Gasteiger partial charge in [0.15, 0.2) is 5.58 Å². The highest BCUT2D eigenvalue weighted by atomic mass is 19.1. The number of hydrogen-bond acceptors (Lipinski definition) is 6. The molecule has 0 fully saturated rings. The lowest BCUT2D eigenvalue weighted by atomic mass is 10.0.